The minimum absolute atomic E-state index is 0.0734. The Balaban J connectivity index is 1.22. The van der Waals surface area contributed by atoms with Crippen molar-refractivity contribution in [1.82, 2.24) is 5.32 Å². The molecular formula is C32H33F2N3O7. The molecule has 0 saturated heterocycles. The highest BCUT2D eigenvalue weighted by molar-refractivity contribution is 6.13. The van der Waals surface area contributed by atoms with Gasteiger partial charge >= 0.3 is 5.97 Å². The van der Waals surface area contributed by atoms with Gasteiger partial charge in [-0.3, -0.25) is 14.4 Å². The summed E-state index contributed by atoms with van der Waals surface area (Å²) in [6.45, 7) is 0.756. The van der Waals surface area contributed by atoms with Crippen LogP contribution in [0.1, 0.15) is 50.5 Å². The van der Waals surface area contributed by atoms with Crippen molar-refractivity contribution in [2.75, 3.05) is 30.9 Å². The second kappa shape index (κ2) is 13.2. The first-order valence-corrected chi connectivity index (χ1v) is 14.3. The number of hydrogen-bond donors (Lipinski definition) is 4. The lowest BCUT2D eigenvalue weighted by atomic mass is 10.0. The number of anilines is 2. The summed E-state index contributed by atoms with van der Waals surface area (Å²) >= 11 is 0. The van der Waals surface area contributed by atoms with Gasteiger partial charge in [-0.15, -0.1) is 0 Å². The number of ether oxygens (including phenoxy) is 3. The van der Waals surface area contributed by atoms with Crippen LogP contribution in [-0.4, -0.2) is 43.2 Å². The third-order valence-electron chi connectivity index (χ3n) is 7.61. The van der Waals surface area contributed by atoms with Crippen LogP contribution in [0.4, 0.5) is 20.2 Å². The molecule has 2 aromatic carbocycles. The van der Waals surface area contributed by atoms with Gasteiger partial charge in [-0.1, -0.05) is 0 Å². The monoisotopic (exact) mass is 609 g/mol. The SMILES string of the molecule is COc1cc2c(cc1OCCCCC(=O)O)NCC=C2OC1=C(F)C=C(NC(=O)C2(C(=O)Nc3ccc(F)cc3)CC2)CC1. The highest BCUT2D eigenvalue weighted by Gasteiger charge is 2.56. The van der Waals surface area contributed by atoms with Crippen molar-refractivity contribution in [2.24, 2.45) is 5.41 Å². The van der Waals surface area contributed by atoms with E-state index in [9.17, 15) is 18.8 Å². The maximum atomic E-state index is 15.2. The van der Waals surface area contributed by atoms with Gasteiger partial charge in [0.05, 0.1) is 13.7 Å². The Labute approximate surface area is 252 Å². The number of carbonyl (C=O) groups is 3. The van der Waals surface area contributed by atoms with Crippen LogP contribution in [0.15, 0.2) is 65.8 Å². The van der Waals surface area contributed by atoms with E-state index in [1.54, 1.807) is 18.2 Å². The van der Waals surface area contributed by atoms with Crippen LogP contribution in [0, 0.1) is 11.2 Å². The van der Waals surface area contributed by atoms with Crippen LogP contribution >= 0.6 is 0 Å². The van der Waals surface area contributed by atoms with Crippen LogP contribution in [-0.2, 0) is 19.1 Å². The fourth-order valence-electron chi connectivity index (χ4n) is 4.94. The molecular weight excluding hydrogens is 576 g/mol. The molecule has 44 heavy (non-hydrogen) atoms. The number of fused-ring (bicyclic) bond motifs is 1. The molecule has 5 rings (SSSR count). The Morgan fingerprint density at radius 3 is 2.43 bits per heavy atom. The molecule has 2 amide bonds. The molecule has 232 valence electrons. The number of hydrogen-bond acceptors (Lipinski definition) is 7. The number of carboxylic acids is 1. The van der Waals surface area contributed by atoms with E-state index in [0.717, 1.165) is 0 Å². The molecule has 10 nitrogen and oxygen atoms in total. The average Bonchev–Trinajstić information content (AvgIpc) is 3.82. The maximum Gasteiger partial charge on any atom is 0.303 e. The Bertz CT molecular complexity index is 1550. The van der Waals surface area contributed by atoms with E-state index in [1.807, 2.05) is 0 Å². The zero-order valence-corrected chi connectivity index (χ0v) is 24.1. The number of methoxy groups -OCH3 is 1. The van der Waals surface area contributed by atoms with Gasteiger partial charge in [-0.2, -0.15) is 0 Å². The summed E-state index contributed by atoms with van der Waals surface area (Å²) < 4.78 is 45.7. The summed E-state index contributed by atoms with van der Waals surface area (Å²) in [5.74, 6) is -1.45. The Morgan fingerprint density at radius 2 is 1.75 bits per heavy atom. The van der Waals surface area contributed by atoms with Crippen LogP contribution < -0.4 is 25.4 Å². The van der Waals surface area contributed by atoms with E-state index in [1.165, 1.54) is 37.5 Å². The van der Waals surface area contributed by atoms with E-state index in [4.69, 9.17) is 19.3 Å². The fourth-order valence-corrected chi connectivity index (χ4v) is 4.94. The zero-order chi connectivity index (χ0) is 31.3. The predicted molar refractivity (Wildman–Crippen MR) is 158 cm³/mol. The fraction of sp³-hybridized carbons (Fsp3) is 0.344. The molecule has 0 aromatic heterocycles. The number of aliphatic carboxylic acids is 1. The molecule has 0 unspecified atom stereocenters. The molecule has 1 aliphatic heterocycles. The van der Waals surface area contributed by atoms with Gasteiger partial charge in [0, 0.05) is 48.1 Å². The summed E-state index contributed by atoms with van der Waals surface area (Å²) in [4.78, 5) is 36.6. The highest BCUT2D eigenvalue weighted by Crippen LogP contribution is 2.47. The summed E-state index contributed by atoms with van der Waals surface area (Å²) in [7, 11) is 1.50. The smallest absolute Gasteiger partial charge is 0.303 e. The minimum atomic E-state index is -1.25. The topological polar surface area (TPSA) is 135 Å². The van der Waals surface area contributed by atoms with E-state index >= 15 is 4.39 Å². The quantitative estimate of drug-likeness (QED) is 0.169. The van der Waals surface area contributed by atoms with Crippen molar-refractivity contribution in [3.63, 3.8) is 0 Å². The Hall–Kier alpha value is -4.87. The Morgan fingerprint density at radius 1 is 1.00 bits per heavy atom. The maximum absolute atomic E-state index is 15.2. The largest absolute Gasteiger partial charge is 0.493 e. The van der Waals surface area contributed by atoms with Gasteiger partial charge in [0.15, 0.2) is 17.3 Å². The first-order valence-electron chi connectivity index (χ1n) is 14.3. The molecule has 3 aliphatic rings. The molecule has 1 heterocycles. The number of amides is 2. The lowest BCUT2D eigenvalue weighted by Crippen LogP contribution is -2.39. The third-order valence-corrected chi connectivity index (χ3v) is 7.61. The second-order valence-corrected chi connectivity index (χ2v) is 10.7. The lowest BCUT2D eigenvalue weighted by Gasteiger charge is -2.25. The zero-order valence-electron chi connectivity index (χ0n) is 24.1. The number of carbonyl (C=O) groups excluding carboxylic acids is 2. The number of halogens is 2. The van der Waals surface area contributed by atoms with Gasteiger partial charge in [0.25, 0.3) is 0 Å². The van der Waals surface area contributed by atoms with Crippen molar-refractivity contribution >= 4 is 34.9 Å². The highest BCUT2D eigenvalue weighted by atomic mass is 19.1. The minimum Gasteiger partial charge on any atom is -0.493 e. The molecule has 2 aromatic rings. The molecule has 12 heteroatoms. The summed E-state index contributed by atoms with van der Waals surface area (Å²) in [5.41, 5.74) is 0.824. The standard InChI is InChI=1S/C32H33F2N3O7/c1-42-27-17-22-24(18-28(27)43-15-3-2-4-29(38)39)35-14-11-25(22)44-26-10-9-21(16-23(26)34)37-31(41)32(12-13-32)30(40)36-20-7-5-19(33)6-8-20/h5-8,11,16-18,35H,2-4,9-10,12-15H2,1H3,(H,36,40)(H,37,41)(H,38,39). The van der Waals surface area contributed by atoms with Crippen molar-refractivity contribution < 1.29 is 42.5 Å². The van der Waals surface area contributed by atoms with E-state index in [2.05, 4.69) is 16.0 Å². The summed E-state index contributed by atoms with van der Waals surface area (Å²) in [6.07, 6.45) is 5.31. The van der Waals surface area contributed by atoms with Gasteiger partial charge in [-0.25, -0.2) is 8.78 Å². The molecule has 2 aliphatic carbocycles. The first-order chi connectivity index (χ1) is 21.2. The van der Waals surface area contributed by atoms with Crippen molar-refractivity contribution in [1.29, 1.82) is 0 Å². The molecule has 0 bridgehead atoms. The number of benzene rings is 2. The van der Waals surface area contributed by atoms with Gasteiger partial charge in [0.1, 0.15) is 22.8 Å². The summed E-state index contributed by atoms with van der Waals surface area (Å²) in [6, 6.07) is 8.76. The Kier molecular flexibility index (Phi) is 9.17. The summed E-state index contributed by atoms with van der Waals surface area (Å²) in [5, 5.41) is 17.4. The molecule has 0 radical (unpaired) electrons. The molecule has 4 N–H and O–H groups in total. The third kappa shape index (κ3) is 7.01. The molecule has 1 fully saturated rings. The molecule has 0 spiro atoms. The van der Waals surface area contributed by atoms with Crippen LogP contribution in [0.3, 0.4) is 0 Å². The lowest BCUT2D eigenvalue weighted by molar-refractivity contribution is -0.137. The van der Waals surface area contributed by atoms with E-state index in [0.29, 0.717) is 85.1 Å². The number of unbranched alkanes of at least 4 members (excludes halogenated alkanes) is 1. The van der Waals surface area contributed by atoms with Crippen LogP contribution in [0.2, 0.25) is 0 Å². The second-order valence-electron chi connectivity index (χ2n) is 10.7. The van der Waals surface area contributed by atoms with Crippen molar-refractivity contribution in [2.45, 2.75) is 44.9 Å². The van der Waals surface area contributed by atoms with Crippen molar-refractivity contribution in [3.8, 4) is 11.5 Å². The average molecular weight is 610 g/mol. The normalized spacial score (nSPS) is 16.4. The van der Waals surface area contributed by atoms with Gasteiger partial charge in [0.2, 0.25) is 11.8 Å². The number of allylic oxidation sites excluding steroid dienone is 4. The van der Waals surface area contributed by atoms with Crippen molar-refractivity contribution in [3.05, 3.63) is 77.2 Å². The number of nitrogens with one attached hydrogen (secondary N) is 3. The number of carboxylic acid groups (broad SMARTS) is 1. The van der Waals surface area contributed by atoms with Crippen LogP contribution in [0.25, 0.3) is 5.76 Å². The van der Waals surface area contributed by atoms with Gasteiger partial charge < -0.3 is 35.3 Å². The van der Waals surface area contributed by atoms with Gasteiger partial charge in [-0.05, 0) is 74.6 Å². The van der Waals surface area contributed by atoms with E-state index < -0.39 is 34.8 Å². The predicted octanol–water partition coefficient (Wildman–Crippen LogP) is 5.64. The molecule has 0 atom stereocenters. The van der Waals surface area contributed by atoms with E-state index in [-0.39, 0.29) is 18.6 Å². The molecule has 1 saturated carbocycles. The van der Waals surface area contributed by atoms with Crippen LogP contribution in [0.5, 0.6) is 11.5 Å². The first kappa shape index (κ1) is 30.6. The number of rotatable bonds is 13.